The van der Waals surface area contributed by atoms with Gasteiger partial charge in [0, 0.05) is 36.8 Å². The van der Waals surface area contributed by atoms with Crippen molar-refractivity contribution < 1.29 is 14.3 Å². The van der Waals surface area contributed by atoms with Gasteiger partial charge in [-0.3, -0.25) is 4.79 Å². The molecule has 5 nitrogen and oxygen atoms in total. The first-order valence-corrected chi connectivity index (χ1v) is 10.4. The van der Waals surface area contributed by atoms with Gasteiger partial charge in [-0.15, -0.1) is 0 Å². The maximum atomic E-state index is 12.6. The summed E-state index contributed by atoms with van der Waals surface area (Å²) in [5, 5.41) is 1.03. The Kier molecular flexibility index (Phi) is 6.07. The van der Waals surface area contributed by atoms with Crippen molar-refractivity contribution in [3.05, 3.63) is 65.9 Å². The second kappa shape index (κ2) is 9.08. The molecule has 156 valence electrons. The van der Waals surface area contributed by atoms with Crippen molar-refractivity contribution in [2.45, 2.75) is 19.3 Å². The smallest absolute Gasteiger partial charge is 0.246 e. The van der Waals surface area contributed by atoms with Gasteiger partial charge in [-0.25, -0.2) is 0 Å². The number of hydrogen-bond donors (Lipinski definition) is 1. The van der Waals surface area contributed by atoms with Crippen LogP contribution < -0.4 is 9.47 Å². The standard InChI is InChI=1S/C25H28N2O3/c1-27(15-14-19-6-3-4-8-22(19)30-17-18-10-11-18)24(28)13-12-20-16-26-25-21(20)7-5-9-23(25)29-2/h3-9,12-13,16,18,26H,10-11,14-15,17H2,1-2H3/b13-12+. The fraction of sp³-hybridized carbons (Fsp3) is 0.320. The topological polar surface area (TPSA) is 54.6 Å². The number of para-hydroxylation sites is 2. The first kappa shape index (κ1) is 20.1. The number of amides is 1. The van der Waals surface area contributed by atoms with Crippen molar-refractivity contribution in [1.29, 1.82) is 0 Å². The van der Waals surface area contributed by atoms with E-state index in [9.17, 15) is 4.79 Å². The average molecular weight is 405 g/mol. The number of H-pyrrole nitrogens is 1. The number of hydrogen-bond acceptors (Lipinski definition) is 3. The monoisotopic (exact) mass is 404 g/mol. The zero-order chi connectivity index (χ0) is 20.9. The van der Waals surface area contributed by atoms with Crippen LogP contribution in [0.5, 0.6) is 11.5 Å². The van der Waals surface area contributed by atoms with Gasteiger partial charge in [0.2, 0.25) is 5.91 Å². The summed E-state index contributed by atoms with van der Waals surface area (Å²) in [6.45, 7) is 1.43. The Morgan fingerprint density at radius 2 is 1.97 bits per heavy atom. The number of nitrogens with zero attached hydrogens (tertiary/aromatic N) is 1. The van der Waals surface area contributed by atoms with Crippen LogP contribution in [0, 0.1) is 5.92 Å². The molecule has 0 atom stereocenters. The predicted octanol–water partition coefficient (Wildman–Crippen LogP) is 4.68. The van der Waals surface area contributed by atoms with Crippen molar-refractivity contribution in [3.8, 4) is 11.5 Å². The molecule has 1 heterocycles. The van der Waals surface area contributed by atoms with Gasteiger partial charge in [-0.1, -0.05) is 30.3 Å². The maximum Gasteiger partial charge on any atom is 0.246 e. The minimum Gasteiger partial charge on any atom is -0.495 e. The van der Waals surface area contributed by atoms with E-state index in [1.807, 2.05) is 55.7 Å². The highest BCUT2D eigenvalue weighted by atomic mass is 16.5. The lowest BCUT2D eigenvalue weighted by Gasteiger charge is -2.17. The largest absolute Gasteiger partial charge is 0.495 e. The lowest BCUT2D eigenvalue weighted by Crippen LogP contribution is -2.27. The molecule has 1 aliphatic carbocycles. The van der Waals surface area contributed by atoms with E-state index >= 15 is 0 Å². The minimum atomic E-state index is -0.0244. The summed E-state index contributed by atoms with van der Waals surface area (Å²) in [6, 6.07) is 14.0. The molecule has 2 aromatic carbocycles. The SMILES string of the molecule is COc1cccc2c(/C=C/C(=O)N(C)CCc3ccccc3OCC3CC3)c[nH]c12. The number of aromatic amines is 1. The Morgan fingerprint density at radius 3 is 2.77 bits per heavy atom. The van der Waals surface area contributed by atoms with Gasteiger partial charge in [0.05, 0.1) is 19.2 Å². The number of rotatable bonds is 9. The summed E-state index contributed by atoms with van der Waals surface area (Å²) in [5.41, 5.74) is 3.04. The van der Waals surface area contributed by atoms with Crippen LogP contribution in [0.15, 0.2) is 54.7 Å². The minimum absolute atomic E-state index is 0.0244. The van der Waals surface area contributed by atoms with Crippen LogP contribution in [0.3, 0.4) is 0 Å². The number of ether oxygens (including phenoxy) is 2. The van der Waals surface area contributed by atoms with Gasteiger partial charge in [-0.05, 0) is 49.0 Å². The fourth-order valence-corrected chi connectivity index (χ4v) is 3.49. The molecule has 3 aromatic rings. The number of fused-ring (bicyclic) bond motifs is 1. The van der Waals surface area contributed by atoms with Crippen molar-refractivity contribution in [3.63, 3.8) is 0 Å². The molecule has 0 spiro atoms. The molecule has 1 aromatic heterocycles. The normalized spacial score (nSPS) is 13.7. The first-order valence-electron chi connectivity index (χ1n) is 10.4. The second-order valence-corrected chi connectivity index (χ2v) is 7.83. The molecule has 5 heteroatoms. The molecule has 1 fully saturated rings. The summed E-state index contributed by atoms with van der Waals surface area (Å²) in [7, 11) is 3.48. The van der Waals surface area contributed by atoms with E-state index in [0.29, 0.717) is 6.54 Å². The van der Waals surface area contributed by atoms with Crippen molar-refractivity contribution in [2.75, 3.05) is 27.3 Å². The van der Waals surface area contributed by atoms with E-state index in [0.717, 1.165) is 52.5 Å². The molecule has 4 rings (SSSR count). The number of nitrogens with one attached hydrogen (secondary N) is 1. The number of benzene rings is 2. The second-order valence-electron chi connectivity index (χ2n) is 7.83. The van der Waals surface area contributed by atoms with Gasteiger partial charge in [0.25, 0.3) is 0 Å². The van der Waals surface area contributed by atoms with Crippen molar-refractivity contribution in [1.82, 2.24) is 9.88 Å². The number of carbonyl (C=O) groups excluding carboxylic acids is 1. The summed E-state index contributed by atoms with van der Waals surface area (Å²) in [5.74, 6) is 2.42. The third-order valence-electron chi connectivity index (χ3n) is 5.57. The zero-order valence-corrected chi connectivity index (χ0v) is 17.6. The third kappa shape index (κ3) is 4.67. The van der Waals surface area contributed by atoms with Crippen LogP contribution in [-0.4, -0.2) is 43.1 Å². The summed E-state index contributed by atoms with van der Waals surface area (Å²) in [4.78, 5) is 17.6. The number of likely N-dealkylation sites (N-methyl/N-ethyl adjacent to an activating group) is 1. The van der Waals surface area contributed by atoms with Crippen LogP contribution in [0.2, 0.25) is 0 Å². The molecule has 1 saturated carbocycles. The summed E-state index contributed by atoms with van der Waals surface area (Å²) < 4.78 is 11.4. The average Bonchev–Trinajstić information content (AvgIpc) is 3.52. The number of methoxy groups -OCH3 is 1. The molecule has 0 saturated heterocycles. The lowest BCUT2D eigenvalue weighted by atomic mass is 10.1. The van der Waals surface area contributed by atoms with Gasteiger partial charge < -0.3 is 19.4 Å². The van der Waals surface area contributed by atoms with E-state index in [1.165, 1.54) is 12.8 Å². The molecule has 1 amide bonds. The van der Waals surface area contributed by atoms with E-state index in [-0.39, 0.29) is 5.91 Å². The highest BCUT2D eigenvalue weighted by Crippen LogP contribution is 2.30. The Bertz CT molecular complexity index is 1050. The first-order chi connectivity index (χ1) is 14.7. The molecule has 0 radical (unpaired) electrons. The Labute approximate surface area is 177 Å². The van der Waals surface area contributed by atoms with Crippen LogP contribution in [0.4, 0.5) is 0 Å². The fourth-order valence-electron chi connectivity index (χ4n) is 3.49. The van der Waals surface area contributed by atoms with Gasteiger partial charge in [-0.2, -0.15) is 0 Å². The molecule has 1 N–H and O–H groups in total. The van der Waals surface area contributed by atoms with E-state index in [2.05, 4.69) is 11.1 Å². The highest BCUT2D eigenvalue weighted by molar-refractivity contribution is 5.97. The predicted molar refractivity (Wildman–Crippen MR) is 120 cm³/mol. The molecule has 30 heavy (non-hydrogen) atoms. The molecule has 0 aliphatic heterocycles. The van der Waals surface area contributed by atoms with Crippen LogP contribution in [-0.2, 0) is 11.2 Å². The zero-order valence-electron chi connectivity index (χ0n) is 17.6. The maximum absolute atomic E-state index is 12.6. The Hall–Kier alpha value is -3.21. The van der Waals surface area contributed by atoms with Crippen LogP contribution >= 0.6 is 0 Å². The third-order valence-corrected chi connectivity index (χ3v) is 5.57. The van der Waals surface area contributed by atoms with Crippen molar-refractivity contribution in [2.24, 2.45) is 5.92 Å². The van der Waals surface area contributed by atoms with E-state index in [1.54, 1.807) is 18.1 Å². The van der Waals surface area contributed by atoms with Crippen molar-refractivity contribution >= 4 is 22.9 Å². The molecule has 0 unspecified atom stereocenters. The van der Waals surface area contributed by atoms with E-state index in [4.69, 9.17) is 9.47 Å². The van der Waals surface area contributed by atoms with Gasteiger partial charge in [0.15, 0.2) is 0 Å². The van der Waals surface area contributed by atoms with Gasteiger partial charge in [0.1, 0.15) is 11.5 Å². The summed E-state index contributed by atoms with van der Waals surface area (Å²) >= 11 is 0. The lowest BCUT2D eigenvalue weighted by molar-refractivity contribution is -0.124. The molecule has 1 aliphatic rings. The number of aromatic nitrogens is 1. The van der Waals surface area contributed by atoms with E-state index < -0.39 is 0 Å². The highest BCUT2D eigenvalue weighted by Gasteiger charge is 2.22. The molecule has 0 bridgehead atoms. The summed E-state index contributed by atoms with van der Waals surface area (Å²) in [6.07, 6.45) is 8.68. The van der Waals surface area contributed by atoms with Crippen LogP contribution in [0.1, 0.15) is 24.0 Å². The Balaban J connectivity index is 1.36. The van der Waals surface area contributed by atoms with Gasteiger partial charge >= 0.3 is 0 Å². The quantitative estimate of drug-likeness (QED) is 0.527. The Morgan fingerprint density at radius 1 is 1.17 bits per heavy atom. The molecular weight excluding hydrogens is 376 g/mol. The number of carbonyl (C=O) groups is 1. The molecular formula is C25H28N2O3. The van der Waals surface area contributed by atoms with Crippen LogP contribution in [0.25, 0.3) is 17.0 Å².